The zero-order chi connectivity index (χ0) is 25.2. The van der Waals surface area contributed by atoms with Crippen molar-refractivity contribution >= 4 is 39.2 Å². The van der Waals surface area contributed by atoms with Gasteiger partial charge in [-0.15, -0.1) is 17.9 Å². The minimum atomic E-state index is -0.239. The van der Waals surface area contributed by atoms with E-state index in [-0.39, 0.29) is 29.2 Å². The van der Waals surface area contributed by atoms with Gasteiger partial charge in [0.05, 0.1) is 13.2 Å². The lowest BCUT2D eigenvalue weighted by Gasteiger charge is -2.60. The first-order chi connectivity index (χ1) is 17.4. The Labute approximate surface area is 224 Å². The van der Waals surface area contributed by atoms with Gasteiger partial charge in [0.1, 0.15) is 11.9 Å². The normalized spacial score (nSPS) is 30.1. The van der Waals surface area contributed by atoms with E-state index in [0.29, 0.717) is 17.7 Å². The molecule has 1 N–H and O–H groups in total. The molecule has 36 heavy (non-hydrogen) atoms. The number of methoxy groups -OCH3 is 1. The van der Waals surface area contributed by atoms with Gasteiger partial charge >= 0.3 is 0 Å². The fraction of sp³-hybridized carbons (Fsp3) is 0.464. The van der Waals surface area contributed by atoms with Crippen LogP contribution in [0, 0.1) is 5.92 Å². The van der Waals surface area contributed by atoms with E-state index in [1.807, 2.05) is 35.5 Å². The van der Waals surface area contributed by atoms with Crippen molar-refractivity contribution in [3.63, 3.8) is 0 Å². The molecule has 4 aliphatic rings. The molecule has 2 aromatic rings. The number of amides is 1. The maximum atomic E-state index is 13.3. The number of nitrogens with zero attached hydrogens (tertiary/aromatic N) is 2. The highest BCUT2D eigenvalue weighted by molar-refractivity contribution is 9.10. The van der Waals surface area contributed by atoms with Crippen molar-refractivity contribution in [2.75, 3.05) is 27.2 Å². The highest BCUT2D eigenvalue weighted by atomic mass is 79.9. The van der Waals surface area contributed by atoms with Crippen molar-refractivity contribution in [2.24, 2.45) is 5.92 Å². The van der Waals surface area contributed by atoms with Crippen molar-refractivity contribution in [1.82, 2.24) is 9.80 Å². The molecule has 0 unspecified atom stereocenters. The number of hydrogen-bond donors (Lipinski definition) is 1. The molecule has 6 rings (SSSR count). The number of rotatable bonds is 6. The molecular weight excluding hydrogens is 540 g/mol. The number of benzene rings is 1. The van der Waals surface area contributed by atoms with Crippen LogP contribution in [0.5, 0.6) is 17.2 Å². The summed E-state index contributed by atoms with van der Waals surface area (Å²) < 4.78 is 13.5. The van der Waals surface area contributed by atoms with Gasteiger partial charge in [0.2, 0.25) is 5.91 Å². The number of thiophene rings is 1. The van der Waals surface area contributed by atoms with Crippen LogP contribution < -0.4 is 9.47 Å². The summed E-state index contributed by atoms with van der Waals surface area (Å²) in [5.41, 5.74) is 1.88. The first kappa shape index (κ1) is 24.1. The summed E-state index contributed by atoms with van der Waals surface area (Å²) in [6.45, 7) is 5.77. The minimum absolute atomic E-state index is 0.0228. The van der Waals surface area contributed by atoms with Crippen LogP contribution >= 0.6 is 27.3 Å². The number of halogens is 1. The van der Waals surface area contributed by atoms with Crippen LogP contribution in [0.4, 0.5) is 0 Å². The first-order valence-corrected chi connectivity index (χ1v) is 14.2. The molecule has 190 valence electrons. The van der Waals surface area contributed by atoms with Crippen LogP contribution in [0.15, 0.2) is 40.7 Å². The first-order valence-electron chi connectivity index (χ1n) is 12.5. The highest BCUT2D eigenvalue weighted by Crippen LogP contribution is 2.65. The lowest BCUT2D eigenvalue weighted by molar-refractivity contribution is -0.135. The third kappa shape index (κ3) is 3.41. The largest absolute Gasteiger partial charge is 0.508 e. The molecule has 0 radical (unpaired) electrons. The number of carbonyl (C=O) groups is 1. The number of likely N-dealkylation sites (tertiary alicyclic amines) is 1. The van der Waals surface area contributed by atoms with Gasteiger partial charge in [0, 0.05) is 63.0 Å². The average Bonchev–Trinajstić information content (AvgIpc) is 3.44. The van der Waals surface area contributed by atoms with E-state index in [0.717, 1.165) is 65.0 Å². The number of piperidine rings is 1. The van der Waals surface area contributed by atoms with E-state index in [4.69, 9.17) is 9.47 Å². The van der Waals surface area contributed by atoms with Crippen LogP contribution in [0.2, 0.25) is 0 Å². The van der Waals surface area contributed by atoms with Gasteiger partial charge in [-0.25, -0.2) is 0 Å². The summed E-state index contributed by atoms with van der Waals surface area (Å²) >= 11 is 5.07. The Kier molecular flexibility index (Phi) is 5.97. The number of carbonyl (C=O) groups excluding carboxylic acids is 1. The van der Waals surface area contributed by atoms with Crippen molar-refractivity contribution < 1.29 is 19.4 Å². The summed E-state index contributed by atoms with van der Waals surface area (Å²) in [4.78, 5) is 18.7. The van der Waals surface area contributed by atoms with E-state index in [1.165, 1.54) is 0 Å². The number of ether oxygens (including phenoxy) is 2. The summed E-state index contributed by atoms with van der Waals surface area (Å²) in [5.74, 6) is 2.01. The summed E-state index contributed by atoms with van der Waals surface area (Å²) in [6.07, 6.45) is 8.97. The zero-order valence-electron chi connectivity index (χ0n) is 20.6. The van der Waals surface area contributed by atoms with Crippen molar-refractivity contribution in [3.8, 4) is 17.2 Å². The lowest BCUT2D eigenvalue weighted by Crippen LogP contribution is -2.68. The maximum absolute atomic E-state index is 13.3. The van der Waals surface area contributed by atoms with Crippen LogP contribution in [-0.4, -0.2) is 66.2 Å². The molecule has 1 aromatic carbocycles. The Morgan fingerprint density at radius 3 is 3.00 bits per heavy atom. The second kappa shape index (κ2) is 8.92. The van der Waals surface area contributed by atoms with Gasteiger partial charge in [0.25, 0.3) is 0 Å². The Balaban J connectivity index is 1.39. The predicted molar refractivity (Wildman–Crippen MR) is 145 cm³/mol. The Hall–Kier alpha value is -2.29. The van der Waals surface area contributed by atoms with Crippen molar-refractivity contribution in [1.29, 1.82) is 0 Å². The number of likely N-dealkylation sites (N-methyl/N-ethyl adjacent to an activating group) is 1. The van der Waals surface area contributed by atoms with Gasteiger partial charge in [-0.3, -0.25) is 9.69 Å². The third-order valence-corrected chi connectivity index (χ3v) is 10.6. The molecule has 1 saturated carbocycles. The smallest absolute Gasteiger partial charge is 0.246 e. The van der Waals surface area contributed by atoms with Crippen LogP contribution in [0.25, 0.3) is 6.08 Å². The van der Waals surface area contributed by atoms with Crippen LogP contribution in [0.3, 0.4) is 0 Å². The molecule has 8 heteroatoms. The quantitative estimate of drug-likeness (QED) is 0.391. The molecule has 2 aliphatic carbocycles. The molecule has 1 amide bonds. The number of phenols is 1. The maximum Gasteiger partial charge on any atom is 0.246 e. The SMILES string of the molecule is C=CCN1CC[C@]23c4c5c(O)cc(OC)c4O[C@H]2[C@H](N(C)C(=O)/C=C/c2cc(Br)cs2)CC[C@H]3[C@H]1C5. The standard InChI is InChI=1S/C28H31BrN2O4S/c1-4-10-31-11-9-28-19-6-7-20(30(2)24(33)8-5-17-12-16(29)15-36-17)27(28)35-26-23(34-3)14-22(32)18(25(26)28)13-21(19)31/h4-5,8,12,14-15,19-21,27,32H,1,6-7,9-11,13H2,2-3H3/b8-5+/t19-,20+,21+,27-,28-/m0/s1. The summed E-state index contributed by atoms with van der Waals surface area (Å²) in [7, 11) is 3.52. The van der Waals surface area contributed by atoms with Gasteiger partial charge < -0.3 is 19.5 Å². The molecule has 2 fully saturated rings. The van der Waals surface area contributed by atoms with E-state index < -0.39 is 0 Å². The minimum Gasteiger partial charge on any atom is -0.508 e. The monoisotopic (exact) mass is 570 g/mol. The molecule has 1 spiro atoms. The second-order valence-electron chi connectivity index (χ2n) is 10.4. The summed E-state index contributed by atoms with van der Waals surface area (Å²) in [5, 5.41) is 13.1. The van der Waals surface area contributed by atoms with Gasteiger partial charge in [-0.1, -0.05) is 6.08 Å². The zero-order valence-corrected chi connectivity index (χ0v) is 23.0. The molecule has 3 heterocycles. The highest BCUT2D eigenvalue weighted by Gasteiger charge is 2.66. The fourth-order valence-electron chi connectivity index (χ4n) is 7.44. The van der Waals surface area contributed by atoms with Crippen LogP contribution in [-0.2, 0) is 16.6 Å². The average molecular weight is 572 g/mol. The Morgan fingerprint density at radius 1 is 1.44 bits per heavy atom. The van der Waals surface area contributed by atoms with Gasteiger partial charge in [-0.05, 0) is 66.2 Å². The Bertz CT molecular complexity index is 1260. The van der Waals surface area contributed by atoms with Crippen molar-refractivity contribution in [3.05, 3.63) is 56.7 Å². The molecular formula is C28H31BrN2O4S. The molecule has 5 atom stereocenters. The molecule has 1 aromatic heterocycles. The molecule has 1 saturated heterocycles. The van der Waals surface area contributed by atoms with Gasteiger partial charge in [-0.2, -0.15) is 0 Å². The number of aromatic hydroxyl groups is 1. The predicted octanol–water partition coefficient (Wildman–Crippen LogP) is 4.99. The molecule has 6 nitrogen and oxygen atoms in total. The molecule has 2 aliphatic heterocycles. The van der Waals surface area contributed by atoms with E-state index in [2.05, 4.69) is 27.4 Å². The summed E-state index contributed by atoms with van der Waals surface area (Å²) in [6, 6.07) is 3.96. The van der Waals surface area contributed by atoms with E-state index in [1.54, 1.807) is 30.6 Å². The fourth-order valence-corrected chi connectivity index (χ4v) is 8.78. The lowest BCUT2D eigenvalue weighted by atomic mass is 9.51. The second-order valence-corrected chi connectivity index (χ2v) is 12.2. The molecule has 2 bridgehead atoms. The third-order valence-electron chi connectivity index (χ3n) is 8.90. The topological polar surface area (TPSA) is 62.2 Å². The van der Waals surface area contributed by atoms with E-state index in [9.17, 15) is 9.90 Å². The number of phenolic OH excluding ortho intramolecular Hbond substituents is 1. The van der Waals surface area contributed by atoms with Gasteiger partial charge in [0.15, 0.2) is 11.5 Å². The van der Waals surface area contributed by atoms with Crippen LogP contribution in [0.1, 0.15) is 35.3 Å². The number of hydrogen-bond acceptors (Lipinski definition) is 6. The van der Waals surface area contributed by atoms with E-state index >= 15 is 0 Å². The van der Waals surface area contributed by atoms with Crippen molar-refractivity contribution in [2.45, 2.75) is 49.3 Å². The Morgan fingerprint density at radius 2 is 2.28 bits per heavy atom.